The molecule has 9 heteroatoms. The number of rotatable bonds is 5. The summed E-state index contributed by atoms with van der Waals surface area (Å²) in [6.45, 7) is 0.507. The molecule has 0 aliphatic heterocycles. The Labute approximate surface area is 163 Å². The number of aliphatic imine (C=N–C) groups is 1. The molecular weight excluding hydrogens is 446 g/mol. The van der Waals surface area contributed by atoms with Crippen molar-refractivity contribution in [3.05, 3.63) is 23.9 Å². The van der Waals surface area contributed by atoms with Gasteiger partial charge in [-0.05, 0) is 25.0 Å². The maximum atomic E-state index is 12.8. The number of aromatic nitrogens is 1. The van der Waals surface area contributed by atoms with E-state index in [4.69, 9.17) is 5.73 Å². The van der Waals surface area contributed by atoms with Crippen LogP contribution in [0.1, 0.15) is 44.1 Å². The highest BCUT2D eigenvalue weighted by atomic mass is 127. The Morgan fingerprint density at radius 1 is 1.24 bits per heavy atom. The number of nitrogens with zero attached hydrogens (tertiary/aromatic N) is 2. The SMILES string of the molecule is I.NC(=NCCNc1ncccc1C(F)(F)F)NC1CCCCCC1. The van der Waals surface area contributed by atoms with Crippen molar-refractivity contribution in [1.29, 1.82) is 0 Å². The fourth-order valence-corrected chi connectivity index (χ4v) is 2.80. The zero-order valence-electron chi connectivity index (χ0n) is 14.0. The summed E-state index contributed by atoms with van der Waals surface area (Å²) in [6, 6.07) is 2.61. The fraction of sp³-hybridized carbons (Fsp3) is 0.625. The second kappa shape index (κ2) is 10.7. The van der Waals surface area contributed by atoms with Crippen molar-refractivity contribution in [2.75, 3.05) is 18.4 Å². The van der Waals surface area contributed by atoms with Crippen LogP contribution in [0.25, 0.3) is 0 Å². The van der Waals surface area contributed by atoms with Gasteiger partial charge in [-0.3, -0.25) is 4.99 Å². The number of hydrogen-bond acceptors (Lipinski definition) is 3. The van der Waals surface area contributed by atoms with Gasteiger partial charge in [-0.25, -0.2) is 4.98 Å². The fourth-order valence-electron chi connectivity index (χ4n) is 2.80. The van der Waals surface area contributed by atoms with E-state index in [0.29, 0.717) is 12.0 Å². The molecule has 0 bridgehead atoms. The minimum absolute atomic E-state index is 0. The smallest absolute Gasteiger partial charge is 0.370 e. The van der Waals surface area contributed by atoms with E-state index in [1.807, 2.05) is 0 Å². The van der Waals surface area contributed by atoms with E-state index in [1.165, 1.54) is 37.9 Å². The van der Waals surface area contributed by atoms with E-state index in [0.717, 1.165) is 18.9 Å². The van der Waals surface area contributed by atoms with Gasteiger partial charge in [0, 0.05) is 18.8 Å². The normalized spacial score (nSPS) is 16.7. The van der Waals surface area contributed by atoms with Crippen molar-refractivity contribution in [2.24, 2.45) is 10.7 Å². The Kier molecular flexibility index (Phi) is 9.30. The summed E-state index contributed by atoms with van der Waals surface area (Å²) in [4.78, 5) is 7.91. The second-order valence-electron chi connectivity index (χ2n) is 5.92. The summed E-state index contributed by atoms with van der Waals surface area (Å²) in [7, 11) is 0. The Morgan fingerprint density at radius 3 is 2.56 bits per heavy atom. The highest BCUT2D eigenvalue weighted by Crippen LogP contribution is 2.33. The standard InChI is InChI=1S/C16H24F3N5.HI/c17-16(18,19)13-8-5-9-21-14(13)22-10-11-23-15(20)24-12-6-3-1-2-4-7-12;/h5,8-9,12H,1-4,6-7,10-11H2,(H,21,22)(H3,20,23,24);1H. The predicted molar refractivity (Wildman–Crippen MR) is 104 cm³/mol. The van der Waals surface area contributed by atoms with Crippen LogP contribution in [0.15, 0.2) is 23.3 Å². The Hall–Kier alpha value is -1.26. The molecule has 1 saturated carbocycles. The van der Waals surface area contributed by atoms with Crippen LogP contribution >= 0.6 is 24.0 Å². The molecule has 1 aliphatic carbocycles. The van der Waals surface area contributed by atoms with E-state index in [-0.39, 0.29) is 42.9 Å². The number of nitrogens with one attached hydrogen (secondary N) is 2. The molecule has 1 heterocycles. The van der Waals surface area contributed by atoms with Crippen molar-refractivity contribution >= 4 is 35.8 Å². The van der Waals surface area contributed by atoms with Gasteiger partial charge in [-0.1, -0.05) is 25.7 Å². The van der Waals surface area contributed by atoms with Crippen molar-refractivity contribution in [1.82, 2.24) is 10.3 Å². The van der Waals surface area contributed by atoms with Crippen molar-refractivity contribution in [3.8, 4) is 0 Å². The lowest BCUT2D eigenvalue weighted by molar-refractivity contribution is -0.137. The Bertz CT molecular complexity index is 543. The van der Waals surface area contributed by atoms with Gasteiger partial charge in [-0.2, -0.15) is 13.2 Å². The van der Waals surface area contributed by atoms with Gasteiger partial charge < -0.3 is 16.4 Å². The summed E-state index contributed by atoms with van der Waals surface area (Å²) in [5.41, 5.74) is 5.07. The molecule has 1 aromatic heterocycles. The average Bonchev–Trinajstić information content (AvgIpc) is 2.79. The lowest BCUT2D eigenvalue weighted by Gasteiger charge is -2.16. The van der Waals surface area contributed by atoms with E-state index >= 15 is 0 Å². The van der Waals surface area contributed by atoms with Crippen molar-refractivity contribution in [3.63, 3.8) is 0 Å². The van der Waals surface area contributed by atoms with E-state index < -0.39 is 11.7 Å². The van der Waals surface area contributed by atoms with Crippen LogP contribution in [-0.2, 0) is 6.18 Å². The second-order valence-corrected chi connectivity index (χ2v) is 5.92. The monoisotopic (exact) mass is 471 g/mol. The van der Waals surface area contributed by atoms with Gasteiger partial charge in [0.15, 0.2) is 5.96 Å². The van der Waals surface area contributed by atoms with Gasteiger partial charge in [0.2, 0.25) is 0 Å². The van der Waals surface area contributed by atoms with Crippen LogP contribution in [0.2, 0.25) is 0 Å². The first kappa shape index (κ1) is 21.8. The molecule has 0 aromatic carbocycles. The van der Waals surface area contributed by atoms with Crippen LogP contribution < -0.4 is 16.4 Å². The summed E-state index contributed by atoms with van der Waals surface area (Å²) < 4.78 is 38.5. The number of anilines is 1. The number of nitrogens with two attached hydrogens (primary N) is 1. The van der Waals surface area contributed by atoms with Crippen molar-refractivity contribution in [2.45, 2.75) is 50.7 Å². The summed E-state index contributed by atoms with van der Waals surface area (Å²) >= 11 is 0. The molecule has 0 spiro atoms. The minimum atomic E-state index is -4.43. The molecular formula is C16H25F3IN5. The first-order valence-electron chi connectivity index (χ1n) is 8.29. The number of hydrogen-bond donors (Lipinski definition) is 3. The lowest BCUT2D eigenvalue weighted by atomic mass is 10.1. The number of alkyl halides is 3. The lowest BCUT2D eigenvalue weighted by Crippen LogP contribution is -2.40. The summed E-state index contributed by atoms with van der Waals surface area (Å²) in [6.07, 6.45) is 3.94. The summed E-state index contributed by atoms with van der Waals surface area (Å²) in [5, 5.41) is 5.86. The topological polar surface area (TPSA) is 75.3 Å². The molecule has 0 saturated heterocycles. The molecule has 1 fully saturated rings. The number of guanidine groups is 1. The van der Waals surface area contributed by atoms with Crippen LogP contribution in [-0.4, -0.2) is 30.1 Å². The predicted octanol–water partition coefficient (Wildman–Crippen LogP) is 3.76. The first-order chi connectivity index (χ1) is 11.5. The maximum absolute atomic E-state index is 12.8. The molecule has 1 aromatic rings. The Balaban J connectivity index is 0.00000312. The van der Waals surface area contributed by atoms with Gasteiger partial charge in [0.1, 0.15) is 5.82 Å². The zero-order chi connectivity index (χ0) is 17.4. The molecule has 25 heavy (non-hydrogen) atoms. The van der Waals surface area contributed by atoms with Gasteiger partial charge in [-0.15, -0.1) is 24.0 Å². The maximum Gasteiger partial charge on any atom is 0.419 e. The molecule has 1 aliphatic rings. The third-order valence-corrected chi connectivity index (χ3v) is 4.01. The molecule has 0 atom stereocenters. The largest absolute Gasteiger partial charge is 0.419 e. The molecule has 5 nitrogen and oxygen atoms in total. The zero-order valence-corrected chi connectivity index (χ0v) is 16.3. The third kappa shape index (κ3) is 7.66. The molecule has 0 radical (unpaired) electrons. The molecule has 0 unspecified atom stereocenters. The molecule has 2 rings (SSSR count). The van der Waals surface area contributed by atoms with Gasteiger partial charge >= 0.3 is 6.18 Å². The third-order valence-electron chi connectivity index (χ3n) is 4.01. The molecule has 0 amide bonds. The van der Waals surface area contributed by atoms with Crippen LogP contribution in [0.5, 0.6) is 0 Å². The molecule has 4 N–H and O–H groups in total. The van der Waals surface area contributed by atoms with E-state index in [2.05, 4.69) is 20.6 Å². The molecule has 142 valence electrons. The first-order valence-corrected chi connectivity index (χ1v) is 8.29. The van der Waals surface area contributed by atoms with Gasteiger partial charge in [0.05, 0.1) is 12.1 Å². The number of pyridine rings is 1. The Morgan fingerprint density at radius 2 is 1.92 bits per heavy atom. The highest BCUT2D eigenvalue weighted by Gasteiger charge is 2.33. The van der Waals surface area contributed by atoms with Crippen LogP contribution in [0.4, 0.5) is 19.0 Å². The summed E-state index contributed by atoms with van der Waals surface area (Å²) in [5.74, 6) is 0.163. The van der Waals surface area contributed by atoms with E-state index in [9.17, 15) is 13.2 Å². The highest BCUT2D eigenvalue weighted by molar-refractivity contribution is 14.0. The van der Waals surface area contributed by atoms with E-state index in [1.54, 1.807) is 0 Å². The average molecular weight is 471 g/mol. The minimum Gasteiger partial charge on any atom is -0.370 e. The number of halogens is 4. The van der Waals surface area contributed by atoms with Crippen LogP contribution in [0.3, 0.4) is 0 Å². The van der Waals surface area contributed by atoms with Gasteiger partial charge in [0.25, 0.3) is 0 Å². The van der Waals surface area contributed by atoms with Crippen molar-refractivity contribution < 1.29 is 13.2 Å². The van der Waals surface area contributed by atoms with Crippen LogP contribution in [0, 0.1) is 0 Å². The quantitative estimate of drug-likeness (QED) is 0.201.